The topological polar surface area (TPSA) is 57.6 Å². The van der Waals surface area contributed by atoms with Crippen molar-refractivity contribution >= 4 is 9.84 Å². The smallest absolute Gasteiger partial charge is 0.148 e. The molecule has 0 spiro atoms. The van der Waals surface area contributed by atoms with Crippen molar-refractivity contribution in [2.75, 3.05) is 32.1 Å². The fourth-order valence-electron chi connectivity index (χ4n) is 2.27. The molecule has 0 unspecified atom stereocenters. The van der Waals surface area contributed by atoms with Crippen molar-refractivity contribution in [2.45, 2.75) is 37.7 Å². The van der Waals surface area contributed by atoms with E-state index in [-0.39, 0.29) is 5.75 Å². The maximum absolute atomic E-state index is 11.0. The lowest BCUT2D eigenvalue weighted by molar-refractivity contribution is -0.0197. The molecule has 1 fully saturated rings. The van der Waals surface area contributed by atoms with Crippen molar-refractivity contribution in [1.82, 2.24) is 4.90 Å². The van der Waals surface area contributed by atoms with Crippen molar-refractivity contribution in [3.05, 3.63) is 0 Å². The number of aliphatic hydroxyl groups is 1. The van der Waals surface area contributed by atoms with Crippen molar-refractivity contribution < 1.29 is 13.5 Å². The van der Waals surface area contributed by atoms with Gasteiger partial charge in [0.2, 0.25) is 0 Å². The summed E-state index contributed by atoms with van der Waals surface area (Å²) in [6, 6.07) is 0. The van der Waals surface area contributed by atoms with Gasteiger partial charge in [0, 0.05) is 19.3 Å². The summed E-state index contributed by atoms with van der Waals surface area (Å²) in [5, 5.41) is 10.3. The molecule has 4 nitrogen and oxygen atoms in total. The second-order valence-electron chi connectivity index (χ2n) is 5.15. The Morgan fingerprint density at radius 2 is 1.81 bits per heavy atom. The van der Waals surface area contributed by atoms with Crippen LogP contribution in [0.3, 0.4) is 0 Å². The van der Waals surface area contributed by atoms with Crippen LogP contribution >= 0.6 is 0 Å². The molecular weight excluding hydrogens is 226 g/mol. The van der Waals surface area contributed by atoms with Crippen LogP contribution < -0.4 is 0 Å². The van der Waals surface area contributed by atoms with E-state index in [1.165, 1.54) is 12.7 Å². The minimum atomic E-state index is -2.90. The molecule has 0 heterocycles. The molecule has 0 bridgehead atoms. The Balaban J connectivity index is 2.35. The fourth-order valence-corrected chi connectivity index (χ4v) is 2.91. The zero-order chi connectivity index (χ0) is 12.2. The minimum absolute atomic E-state index is 0.166. The molecule has 0 radical (unpaired) electrons. The zero-order valence-corrected chi connectivity index (χ0v) is 11.1. The Labute approximate surface area is 98.6 Å². The standard InChI is InChI=1S/C11H23NO3S/c1-12(8-9-16(2,14)15)10-11(13)6-4-3-5-7-11/h13H,3-10H2,1-2H3. The highest BCUT2D eigenvalue weighted by molar-refractivity contribution is 7.90. The number of hydrogen-bond acceptors (Lipinski definition) is 4. The van der Waals surface area contributed by atoms with Gasteiger partial charge in [-0.2, -0.15) is 0 Å². The first-order valence-electron chi connectivity index (χ1n) is 5.89. The second kappa shape index (κ2) is 5.47. The lowest BCUT2D eigenvalue weighted by Gasteiger charge is -2.35. The SMILES string of the molecule is CN(CCS(C)(=O)=O)CC1(O)CCCCC1. The van der Waals surface area contributed by atoms with Crippen LogP contribution in [0.2, 0.25) is 0 Å². The average molecular weight is 249 g/mol. The number of likely N-dealkylation sites (N-methyl/N-ethyl adjacent to an activating group) is 1. The van der Waals surface area contributed by atoms with Gasteiger partial charge in [-0.3, -0.25) is 0 Å². The van der Waals surface area contributed by atoms with E-state index in [0.717, 1.165) is 25.7 Å². The highest BCUT2D eigenvalue weighted by Gasteiger charge is 2.30. The molecule has 96 valence electrons. The van der Waals surface area contributed by atoms with Crippen LogP contribution in [-0.2, 0) is 9.84 Å². The van der Waals surface area contributed by atoms with Gasteiger partial charge in [-0.25, -0.2) is 8.42 Å². The van der Waals surface area contributed by atoms with Gasteiger partial charge in [0.05, 0.1) is 11.4 Å². The molecule has 0 amide bonds. The summed E-state index contributed by atoms with van der Waals surface area (Å²) in [6.45, 7) is 1.09. The molecule has 1 N–H and O–H groups in total. The number of nitrogens with zero attached hydrogens (tertiary/aromatic N) is 1. The highest BCUT2D eigenvalue weighted by Crippen LogP contribution is 2.28. The van der Waals surface area contributed by atoms with Gasteiger partial charge in [0.25, 0.3) is 0 Å². The summed E-state index contributed by atoms with van der Waals surface area (Å²) in [6.07, 6.45) is 6.30. The van der Waals surface area contributed by atoms with Gasteiger partial charge in [-0.1, -0.05) is 19.3 Å². The van der Waals surface area contributed by atoms with E-state index in [1.807, 2.05) is 11.9 Å². The third kappa shape index (κ3) is 5.27. The zero-order valence-electron chi connectivity index (χ0n) is 10.3. The van der Waals surface area contributed by atoms with Crippen molar-refractivity contribution in [3.63, 3.8) is 0 Å². The van der Waals surface area contributed by atoms with Crippen LogP contribution in [0, 0.1) is 0 Å². The van der Waals surface area contributed by atoms with Crippen LogP contribution in [-0.4, -0.2) is 56.2 Å². The van der Waals surface area contributed by atoms with E-state index in [2.05, 4.69) is 0 Å². The molecule has 1 rings (SSSR count). The number of hydrogen-bond donors (Lipinski definition) is 1. The van der Waals surface area contributed by atoms with E-state index in [0.29, 0.717) is 13.1 Å². The first-order valence-corrected chi connectivity index (χ1v) is 7.95. The monoisotopic (exact) mass is 249 g/mol. The summed E-state index contributed by atoms with van der Waals surface area (Å²) in [5.41, 5.74) is -0.593. The molecule has 0 aliphatic heterocycles. The Hall–Kier alpha value is -0.130. The van der Waals surface area contributed by atoms with Crippen LogP contribution in [0.1, 0.15) is 32.1 Å². The summed E-state index contributed by atoms with van der Waals surface area (Å²) >= 11 is 0. The normalized spacial score (nSPS) is 21.2. The van der Waals surface area contributed by atoms with Crippen LogP contribution in [0.5, 0.6) is 0 Å². The van der Waals surface area contributed by atoms with Crippen LogP contribution in [0.15, 0.2) is 0 Å². The third-order valence-electron chi connectivity index (χ3n) is 3.19. The van der Waals surface area contributed by atoms with E-state index >= 15 is 0 Å². The van der Waals surface area contributed by atoms with Gasteiger partial charge in [0.15, 0.2) is 0 Å². The molecule has 1 aliphatic carbocycles. The van der Waals surface area contributed by atoms with Gasteiger partial charge in [-0.15, -0.1) is 0 Å². The number of rotatable bonds is 5. The lowest BCUT2D eigenvalue weighted by Crippen LogP contribution is -2.44. The summed E-state index contributed by atoms with van der Waals surface area (Å²) in [5.74, 6) is 0.166. The maximum atomic E-state index is 11.0. The first kappa shape index (κ1) is 13.9. The van der Waals surface area contributed by atoms with Crippen LogP contribution in [0.4, 0.5) is 0 Å². The molecule has 0 atom stereocenters. The first-order chi connectivity index (χ1) is 7.31. The summed E-state index contributed by atoms with van der Waals surface area (Å²) < 4.78 is 22.0. The molecule has 0 aromatic heterocycles. The third-order valence-corrected chi connectivity index (χ3v) is 4.12. The second-order valence-corrected chi connectivity index (χ2v) is 7.41. The maximum Gasteiger partial charge on any atom is 0.148 e. The predicted molar refractivity (Wildman–Crippen MR) is 65.2 cm³/mol. The Morgan fingerprint density at radius 1 is 1.25 bits per heavy atom. The molecule has 0 saturated heterocycles. The van der Waals surface area contributed by atoms with Gasteiger partial charge in [0.1, 0.15) is 9.84 Å². The van der Waals surface area contributed by atoms with Crippen molar-refractivity contribution in [3.8, 4) is 0 Å². The summed E-state index contributed by atoms with van der Waals surface area (Å²) in [7, 11) is -1.03. The molecular formula is C11H23NO3S. The fraction of sp³-hybridized carbons (Fsp3) is 1.00. The van der Waals surface area contributed by atoms with Gasteiger partial charge in [-0.05, 0) is 19.9 Å². The largest absolute Gasteiger partial charge is 0.389 e. The Morgan fingerprint density at radius 3 is 2.31 bits per heavy atom. The molecule has 1 aliphatic rings. The Bertz CT molecular complexity index is 307. The molecule has 1 saturated carbocycles. The van der Waals surface area contributed by atoms with E-state index in [1.54, 1.807) is 0 Å². The predicted octanol–water partition coefficient (Wildman–Crippen LogP) is 0.658. The average Bonchev–Trinajstić information content (AvgIpc) is 2.14. The van der Waals surface area contributed by atoms with Gasteiger partial charge >= 0.3 is 0 Å². The molecule has 0 aromatic rings. The minimum Gasteiger partial charge on any atom is -0.389 e. The Kier molecular flexibility index (Phi) is 4.76. The van der Waals surface area contributed by atoms with E-state index in [4.69, 9.17) is 0 Å². The van der Waals surface area contributed by atoms with Crippen molar-refractivity contribution in [1.29, 1.82) is 0 Å². The van der Waals surface area contributed by atoms with Gasteiger partial charge < -0.3 is 10.0 Å². The van der Waals surface area contributed by atoms with E-state index in [9.17, 15) is 13.5 Å². The quantitative estimate of drug-likeness (QED) is 0.777. The number of sulfone groups is 1. The lowest BCUT2D eigenvalue weighted by atomic mass is 9.84. The molecule has 16 heavy (non-hydrogen) atoms. The van der Waals surface area contributed by atoms with Crippen molar-refractivity contribution in [2.24, 2.45) is 0 Å². The summed E-state index contributed by atoms with van der Waals surface area (Å²) in [4.78, 5) is 1.92. The molecule has 0 aromatic carbocycles. The molecule has 5 heteroatoms. The van der Waals surface area contributed by atoms with E-state index < -0.39 is 15.4 Å². The highest BCUT2D eigenvalue weighted by atomic mass is 32.2. The van der Waals surface area contributed by atoms with Crippen LogP contribution in [0.25, 0.3) is 0 Å².